The van der Waals surface area contributed by atoms with Gasteiger partial charge in [0, 0.05) is 36.9 Å². The van der Waals surface area contributed by atoms with Gasteiger partial charge in [0.2, 0.25) is 0 Å². The number of hydrogen-bond acceptors (Lipinski definition) is 3. The largest absolute Gasteiger partial charge is 0.306 e. The second kappa shape index (κ2) is 5.02. The zero-order valence-electron chi connectivity index (χ0n) is 11.5. The second-order valence-corrected chi connectivity index (χ2v) is 5.88. The van der Waals surface area contributed by atoms with Gasteiger partial charge in [0.1, 0.15) is 0 Å². The Hall–Kier alpha value is -0.870. The first-order valence-electron chi connectivity index (χ1n) is 7.19. The highest BCUT2D eigenvalue weighted by atomic mass is 15.3. The van der Waals surface area contributed by atoms with E-state index in [9.17, 15) is 0 Å². The van der Waals surface area contributed by atoms with E-state index in [1.54, 1.807) is 0 Å². The summed E-state index contributed by atoms with van der Waals surface area (Å²) >= 11 is 0. The predicted molar refractivity (Wildman–Crippen MR) is 72.5 cm³/mol. The molecule has 100 valence electrons. The van der Waals surface area contributed by atoms with Gasteiger partial charge >= 0.3 is 0 Å². The summed E-state index contributed by atoms with van der Waals surface area (Å²) in [4.78, 5) is 2.44. The summed E-state index contributed by atoms with van der Waals surface area (Å²) in [6, 6.07) is 1.18. The molecule has 1 aliphatic heterocycles. The second-order valence-electron chi connectivity index (χ2n) is 5.88. The smallest absolute Gasteiger partial charge is 0.0540 e. The molecule has 1 fully saturated rings. The van der Waals surface area contributed by atoms with Gasteiger partial charge in [-0.2, -0.15) is 5.10 Å². The van der Waals surface area contributed by atoms with Crippen LogP contribution in [0.25, 0.3) is 0 Å². The number of fused-ring (bicyclic) bond motifs is 1. The van der Waals surface area contributed by atoms with Gasteiger partial charge in [-0.1, -0.05) is 0 Å². The summed E-state index contributed by atoms with van der Waals surface area (Å²) in [7, 11) is 4.29. The van der Waals surface area contributed by atoms with Gasteiger partial charge in [0.25, 0.3) is 0 Å². The minimum atomic E-state index is 0.527. The molecule has 18 heavy (non-hydrogen) atoms. The number of aryl methyl sites for hydroxylation is 1. The fraction of sp³-hybridized carbons (Fsp3) is 0.786. The maximum absolute atomic E-state index is 4.42. The monoisotopic (exact) mass is 248 g/mol. The first-order chi connectivity index (χ1) is 8.74. The number of rotatable bonds is 2. The molecular formula is C14H24N4. The Balaban J connectivity index is 1.70. The zero-order chi connectivity index (χ0) is 12.5. The summed E-state index contributed by atoms with van der Waals surface area (Å²) in [6.07, 6.45) is 8.44. The van der Waals surface area contributed by atoms with E-state index in [2.05, 4.69) is 40.3 Å². The van der Waals surface area contributed by atoms with E-state index in [-0.39, 0.29) is 0 Å². The van der Waals surface area contributed by atoms with Crippen LogP contribution in [-0.4, -0.2) is 40.9 Å². The van der Waals surface area contributed by atoms with E-state index in [4.69, 9.17) is 0 Å². The van der Waals surface area contributed by atoms with Crippen LogP contribution in [0.4, 0.5) is 0 Å². The third kappa shape index (κ3) is 2.31. The van der Waals surface area contributed by atoms with Gasteiger partial charge in [-0.05, 0) is 45.7 Å². The molecule has 1 aromatic rings. The highest BCUT2D eigenvalue weighted by molar-refractivity contribution is 5.24. The molecule has 3 rings (SSSR count). The van der Waals surface area contributed by atoms with Crippen LogP contribution in [0.2, 0.25) is 0 Å². The van der Waals surface area contributed by atoms with Crippen molar-refractivity contribution in [3.05, 3.63) is 17.5 Å². The molecule has 1 saturated heterocycles. The number of likely N-dealkylation sites (tertiary alicyclic amines) is 1. The van der Waals surface area contributed by atoms with Crippen molar-refractivity contribution in [3.8, 4) is 0 Å². The van der Waals surface area contributed by atoms with Crippen LogP contribution >= 0.6 is 0 Å². The third-order valence-electron chi connectivity index (χ3n) is 4.44. The van der Waals surface area contributed by atoms with E-state index >= 15 is 0 Å². The molecule has 1 N–H and O–H groups in total. The molecule has 2 unspecified atom stereocenters. The van der Waals surface area contributed by atoms with Gasteiger partial charge in [-0.15, -0.1) is 0 Å². The number of piperidine rings is 1. The molecule has 2 aliphatic rings. The lowest BCUT2D eigenvalue weighted by molar-refractivity contribution is 0.212. The van der Waals surface area contributed by atoms with Gasteiger partial charge in [-0.3, -0.25) is 4.68 Å². The average molecular weight is 248 g/mol. The fourth-order valence-electron chi connectivity index (χ4n) is 3.47. The topological polar surface area (TPSA) is 33.1 Å². The van der Waals surface area contributed by atoms with Crippen molar-refractivity contribution >= 4 is 0 Å². The Morgan fingerprint density at radius 1 is 1.28 bits per heavy atom. The molecule has 0 saturated carbocycles. The number of nitrogens with zero attached hydrogens (tertiary/aromatic N) is 3. The molecule has 0 amide bonds. The minimum Gasteiger partial charge on any atom is -0.306 e. The molecular weight excluding hydrogens is 224 g/mol. The lowest BCUT2D eigenvalue weighted by Gasteiger charge is -2.34. The standard InChI is InChI=1S/C14H24N4/c1-17-8-4-5-11(10-17)16-13-6-3-7-14-12(13)9-15-18(14)2/h9,11,13,16H,3-8,10H2,1-2H3. The van der Waals surface area contributed by atoms with E-state index in [0.29, 0.717) is 12.1 Å². The van der Waals surface area contributed by atoms with Crippen molar-refractivity contribution in [1.29, 1.82) is 0 Å². The average Bonchev–Trinajstić information content (AvgIpc) is 2.73. The van der Waals surface area contributed by atoms with Crippen LogP contribution in [0, 0.1) is 0 Å². The Morgan fingerprint density at radius 3 is 3.00 bits per heavy atom. The minimum absolute atomic E-state index is 0.527. The van der Waals surface area contributed by atoms with Crippen molar-refractivity contribution in [1.82, 2.24) is 20.0 Å². The van der Waals surface area contributed by atoms with Gasteiger partial charge < -0.3 is 10.2 Å². The normalized spacial score (nSPS) is 29.2. The van der Waals surface area contributed by atoms with Crippen molar-refractivity contribution in [2.45, 2.75) is 44.2 Å². The molecule has 1 aromatic heterocycles. The SMILES string of the molecule is CN1CCCC(NC2CCCc3c2cnn3C)C1. The molecule has 0 radical (unpaired) electrons. The molecule has 0 spiro atoms. The highest BCUT2D eigenvalue weighted by Gasteiger charge is 2.26. The Morgan fingerprint density at radius 2 is 2.17 bits per heavy atom. The summed E-state index contributed by atoms with van der Waals surface area (Å²) in [5.74, 6) is 0. The van der Waals surface area contributed by atoms with Crippen LogP contribution in [0.3, 0.4) is 0 Å². The predicted octanol–water partition coefficient (Wildman–Crippen LogP) is 1.48. The number of hydrogen-bond donors (Lipinski definition) is 1. The van der Waals surface area contributed by atoms with Crippen LogP contribution in [0.15, 0.2) is 6.20 Å². The van der Waals surface area contributed by atoms with Crippen LogP contribution < -0.4 is 5.32 Å². The maximum atomic E-state index is 4.42. The lowest BCUT2D eigenvalue weighted by Crippen LogP contribution is -2.45. The van der Waals surface area contributed by atoms with E-state index < -0.39 is 0 Å². The lowest BCUT2D eigenvalue weighted by atomic mass is 9.91. The maximum Gasteiger partial charge on any atom is 0.0540 e. The molecule has 4 nitrogen and oxygen atoms in total. The summed E-state index contributed by atoms with van der Waals surface area (Å²) < 4.78 is 2.05. The first-order valence-corrected chi connectivity index (χ1v) is 7.19. The first kappa shape index (κ1) is 12.2. The Bertz CT molecular complexity index is 412. The molecule has 2 atom stereocenters. The van der Waals surface area contributed by atoms with Crippen molar-refractivity contribution < 1.29 is 0 Å². The number of likely N-dealkylation sites (N-methyl/N-ethyl adjacent to an activating group) is 1. The van der Waals surface area contributed by atoms with E-state index in [1.165, 1.54) is 56.5 Å². The Labute approximate surface area is 109 Å². The van der Waals surface area contributed by atoms with Gasteiger partial charge in [-0.25, -0.2) is 0 Å². The van der Waals surface area contributed by atoms with Crippen molar-refractivity contribution in [2.75, 3.05) is 20.1 Å². The van der Waals surface area contributed by atoms with Crippen LogP contribution in [-0.2, 0) is 13.5 Å². The summed E-state index contributed by atoms with van der Waals surface area (Å²) in [5.41, 5.74) is 2.87. The van der Waals surface area contributed by atoms with Crippen LogP contribution in [0.1, 0.15) is 43.0 Å². The van der Waals surface area contributed by atoms with Crippen molar-refractivity contribution in [3.63, 3.8) is 0 Å². The summed E-state index contributed by atoms with van der Waals surface area (Å²) in [5, 5.41) is 8.29. The molecule has 0 aromatic carbocycles. The molecule has 2 heterocycles. The number of nitrogens with one attached hydrogen (secondary N) is 1. The third-order valence-corrected chi connectivity index (χ3v) is 4.44. The summed E-state index contributed by atoms with van der Waals surface area (Å²) in [6.45, 7) is 2.44. The molecule has 1 aliphatic carbocycles. The number of aromatic nitrogens is 2. The van der Waals surface area contributed by atoms with Gasteiger partial charge in [0.05, 0.1) is 6.20 Å². The quantitative estimate of drug-likeness (QED) is 0.860. The molecule has 4 heteroatoms. The van der Waals surface area contributed by atoms with E-state index in [0.717, 1.165) is 0 Å². The Kier molecular flexibility index (Phi) is 3.39. The van der Waals surface area contributed by atoms with Crippen LogP contribution in [0.5, 0.6) is 0 Å². The fourth-order valence-corrected chi connectivity index (χ4v) is 3.47. The highest BCUT2D eigenvalue weighted by Crippen LogP contribution is 2.30. The van der Waals surface area contributed by atoms with E-state index in [1.807, 2.05) is 0 Å². The van der Waals surface area contributed by atoms with Gasteiger partial charge in [0.15, 0.2) is 0 Å². The molecule has 0 bridgehead atoms. The zero-order valence-corrected chi connectivity index (χ0v) is 11.5. The van der Waals surface area contributed by atoms with Crippen molar-refractivity contribution in [2.24, 2.45) is 7.05 Å².